The lowest BCUT2D eigenvalue weighted by molar-refractivity contribution is 0.104. The second-order valence-corrected chi connectivity index (χ2v) is 5.25. The number of aromatic amines is 1. The predicted octanol–water partition coefficient (Wildman–Crippen LogP) is 4.69. The van der Waals surface area contributed by atoms with Crippen LogP contribution >= 0.6 is 0 Å². The first-order valence-electron chi connectivity index (χ1n) is 7.03. The second-order valence-electron chi connectivity index (χ2n) is 5.25. The van der Waals surface area contributed by atoms with Gasteiger partial charge < -0.3 is 4.98 Å². The lowest BCUT2D eigenvalue weighted by atomic mass is 9.97. The van der Waals surface area contributed by atoms with Crippen molar-refractivity contribution in [3.05, 3.63) is 83.8 Å². The van der Waals surface area contributed by atoms with Gasteiger partial charge >= 0.3 is 0 Å². The lowest BCUT2D eigenvalue weighted by Gasteiger charge is -2.05. The van der Waals surface area contributed by atoms with Gasteiger partial charge in [-0.3, -0.25) is 4.79 Å². The minimum atomic E-state index is -0.321. The summed E-state index contributed by atoms with van der Waals surface area (Å²) in [7, 11) is 0. The molecule has 1 N–H and O–H groups in total. The van der Waals surface area contributed by atoms with Gasteiger partial charge in [0.1, 0.15) is 5.82 Å². The van der Waals surface area contributed by atoms with E-state index in [0.717, 1.165) is 16.2 Å². The monoisotopic (exact) mass is 289 g/mol. The Morgan fingerprint density at radius 1 is 0.864 bits per heavy atom. The predicted molar refractivity (Wildman–Crippen MR) is 85.6 cm³/mol. The third kappa shape index (κ3) is 1.91. The SMILES string of the molecule is O=C(c1cccc2ccccc12)c1c[nH]c2cc(F)ccc12. The van der Waals surface area contributed by atoms with Gasteiger partial charge in [0.05, 0.1) is 0 Å². The summed E-state index contributed by atoms with van der Waals surface area (Å²) in [5.74, 6) is -0.381. The number of benzene rings is 3. The second kappa shape index (κ2) is 4.81. The molecule has 0 aliphatic rings. The maximum atomic E-state index is 13.3. The standard InChI is InChI=1S/C19H12FNO/c20-13-8-9-15-17(11-21-18(15)10-13)19(22)16-7-3-5-12-4-1-2-6-14(12)16/h1-11,21H. The van der Waals surface area contributed by atoms with Gasteiger partial charge in [-0.1, -0.05) is 42.5 Å². The van der Waals surface area contributed by atoms with Crippen LogP contribution in [0.3, 0.4) is 0 Å². The Bertz CT molecular complexity index is 1010. The number of hydrogen-bond donors (Lipinski definition) is 1. The Labute approximate surface area is 126 Å². The molecule has 0 saturated carbocycles. The number of carbonyl (C=O) groups excluding carboxylic acids is 1. The summed E-state index contributed by atoms with van der Waals surface area (Å²) >= 11 is 0. The van der Waals surface area contributed by atoms with Crippen LogP contribution in [0.4, 0.5) is 4.39 Å². The largest absolute Gasteiger partial charge is 0.360 e. The fourth-order valence-corrected chi connectivity index (χ4v) is 2.85. The summed E-state index contributed by atoms with van der Waals surface area (Å²) in [5.41, 5.74) is 1.85. The number of nitrogens with one attached hydrogen (secondary N) is 1. The molecule has 3 aromatic carbocycles. The number of hydrogen-bond acceptors (Lipinski definition) is 1. The highest BCUT2D eigenvalue weighted by molar-refractivity contribution is 6.21. The summed E-state index contributed by atoms with van der Waals surface area (Å²) < 4.78 is 13.3. The highest BCUT2D eigenvalue weighted by Gasteiger charge is 2.16. The van der Waals surface area contributed by atoms with Crippen molar-refractivity contribution < 1.29 is 9.18 Å². The summed E-state index contributed by atoms with van der Waals surface area (Å²) in [5, 5.41) is 2.69. The maximum Gasteiger partial charge on any atom is 0.195 e. The molecule has 0 aliphatic carbocycles. The van der Waals surface area contributed by atoms with Crippen molar-refractivity contribution in [2.24, 2.45) is 0 Å². The molecular weight excluding hydrogens is 277 g/mol. The van der Waals surface area contributed by atoms with E-state index in [1.165, 1.54) is 12.1 Å². The Kier molecular flexibility index (Phi) is 2.79. The third-order valence-electron chi connectivity index (χ3n) is 3.92. The molecule has 0 atom stereocenters. The average Bonchev–Trinajstić information content (AvgIpc) is 2.96. The van der Waals surface area contributed by atoms with Crippen molar-refractivity contribution in [3.63, 3.8) is 0 Å². The number of ketones is 1. The Balaban J connectivity index is 1.92. The van der Waals surface area contributed by atoms with E-state index in [2.05, 4.69) is 4.98 Å². The van der Waals surface area contributed by atoms with Gasteiger partial charge in [0.15, 0.2) is 5.78 Å². The van der Waals surface area contributed by atoms with Gasteiger partial charge in [0.2, 0.25) is 0 Å². The first kappa shape index (κ1) is 12.8. The maximum absolute atomic E-state index is 13.3. The Morgan fingerprint density at radius 2 is 1.68 bits per heavy atom. The fraction of sp³-hybridized carbons (Fsp3) is 0. The van der Waals surface area contributed by atoms with E-state index >= 15 is 0 Å². The molecule has 1 aromatic heterocycles. The van der Waals surface area contributed by atoms with Gasteiger partial charge in [-0.25, -0.2) is 4.39 Å². The molecule has 22 heavy (non-hydrogen) atoms. The zero-order chi connectivity index (χ0) is 15.1. The molecular formula is C19H12FNO. The van der Waals surface area contributed by atoms with Crippen LogP contribution in [-0.2, 0) is 0 Å². The molecule has 0 radical (unpaired) electrons. The molecule has 4 aromatic rings. The normalized spacial score (nSPS) is 11.1. The van der Waals surface area contributed by atoms with Crippen molar-refractivity contribution in [3.8, 4) is 0 Å². The first-order chi connectivity index (χ1) is 10.7. The van der Waals surface area contributed by atoms with Crippen LogP contribution < -0.4 is 0 Å². The van der Waals surface area contributed by atoms with E-state index in [-0.39, 0.29) is 11.6 Å². The van der Waals surface area contributed by atoms with E-state index in [4.69, 9.17) is 0 Å². The minimum Gasteiger partial charge on any atom is -0.360 e. The highest BCUT2D eigenvalue weighted by Crippen LogP contribution is 2.25. The topological polar surface area (TPSA) is 32.9 Å². The number of aromatic nitrogens is 1. The van der Waals surface area contributed by atoms with Crippen LogP contribution in [0.15, 0.2) is 66.9 Å². The summed E-state index contributed by atoms with van der Waals surface area (Å²) in [6.45, 7) is 0. The smallest absolute Gasteiger partial charge is 0.195 e. The van der Waals surface area contributed by atoms with Crippen molar-refractivity contribution >= 4 is 27.5 Å². The van der Waals surface area contributed by atoms with E-state index in [0.29, 0.717) is 16.6 Å². The van der Waals surface area contributed by atoms with E-state index in [1.54, 1.807) is 12.3 Å². The fourth-order valence-electron chi connectivity index (χ4n) is 2.85. The van der Waals surface area contributed by atoms with Crippen molar-refractivity contribution in [1.29, 1.82) is 0 Å². The van der Waals surface area contributed by atoms with Crippen molar-refractivity contribution in [2.75, 3.05) is 0 Å². The van der Waals surface area contributed by atoms with E-state index < -0.39 is 0 Å². The molecule has 4 rings (SSSR count). The summed E-state index contributed by atoms with van der Waals surface area (Å²) in [4.78, 5) is 15.9. The molecule has 0 unspecified atom stereocenters. The average molecular weight is 289 g/mol. The van der Waals surface area contributed by atoms with Crippen LogP contribution in [-0.4, -0.2) is 10.8 Å². The summed E-state index contributed by atoms with van der Waals surface area (Å²) in [6.07, 6.45) is 1.65. The number of halogens is 1. The Hall–Kier alpha value is -2.94. The van der Waals surface area contributed by atoms with Gasteiger partial charge in [-0.2, -0.15) is 0 Å². The molecule has 106 valence electrons. The van der Waals surface area contributed by atoms with Gasteiger partial charge in [-0.05, 0) is 29.0 Å². The van der Waals surface area contributed by atoms with Gasteiger partial charge in [0, 0.05) is 28.2 Å². The molecule has 0 spiro atoms. The molecule has 3 heteroatoms. The van der Waals surface area contributed by atoms with Crippen LogP contribution in [0.25, 0.3) is 21.7 Å². The molecule has 0 fully saturated rings. The quantitative estimate of drug-likeness (QED) is 0.533. The van der Waals surface area contributed by atoms with Gasteiger partial charge in [0.25, 0.3) is 0 Å². The highest BCUT2D eigenvalue weighted by atomic mass is 19.1. The molecule has 1 heterocycles. The van der Waals surface area contributed by atoms with Crippen molar-refractivity contribution in [1.82, 2.24) is 4.98 Å². The molecule has 0 aliphatic heterocycles. The van der Waals surface area contributed by atoms with Gasteiger partial charge in [-0.15, -0.1) is 0 Å². The van der Waals surface area contributed by atoms with Crippen molar-refractivity contribution in [2.45, 2.75) is 0 Å². The third-order valence-corrected chi connectivity index (χ3v) is 3.92. The lowest BCUT2D eigenvalue weighted by Crippen LogP contribution is -2.01. The van der Waals surface area contributed by atoms with E-state index in [1.807, 2.05) is 42.5 Å². The molecule has 2 nitrogen and oxygen atoms in total. The van der Waals surface area contributed by atoms with Crippen LogP contribution in [0.2, 0.25) is 0 Å². The number of carbonyl (C=O) groups is 1. The molecule has 0 bridgehead atoms. The first-order valence-corrected chi connectivity index (χ1v) is 7.03. The minimum absolute atomic E-state index is 0.0605. The van der Waals surface area contributed by atoms with Crippen LogP contribution in [0.1, 0.15) is 15.9 Å². The van der Waals surface area contributed by atoms with Crippen LogP contribution in [0, 0.1) is 5.82 Å². The number of H-pyrrole nitrogens is 1. The Morgan fingerprint density at radius 3 is 2.59 bits per heavy atom. The van der Waals surface area contributed by atoms with Crippen LogP contribution in [0.5, 0.6) is 0 Å². The zero-order valence-electron chi connectivity index (χ0n) is 11.6. The zero-order valence-corrected chi connectivity index (χ0v) is 11.6. The molecule has 0 saturated heterocycles. The summed E-state index contributed by atoms with van der Waals surface area (Å²) in [6, 6.07) is 17.9. The van der Waals surface area contributed by atoms with E-state index in [9.17, 15) is 9.18 Å². The number of fused-ring (bicyclic) bond motifs is 2. The number of rotatable bonds is 2. The molecule has 0 amide bonds.